The molecule has 1 saturated heterocycles. The SMILES string of the molecule is O=S(=O)(c1ccc(Cl)cc1)C1CN(S(=O)(=O)c2ccccc2Br)C1. The summed E-state index contributed by atoms with van der Waals surface area (Å²) in [6.07, 6.45) is 0. The molecule has 2 aromatic carbocycles. The normalized spacial score (nSPS) is 16.8. The molecular formula is C15H13BrClNO4S2. The van der Waals surface area contributed by atoms with Gasteiger partial charge in [0.25, 0.3) is 0 Å². The Bertz CT molecular complexity index is 969. The smallest absolute Gasteiger partial charge is 0.223 e. The summed E-state index contributed by atoms with van der Waals surface area (Å²) in [5.74, 6) is 0. The van der Waals surface area contributed by atoms with E-state index in [0.29, 0.717) is 9.50 Å². The molecule has 24 heavy (non-hydrogen) atoms. The van der Waals surface area contributed by atoms with E-state index in [2.05, 4.69) is 15.9 Å². The van der Waals surface area contributed by atoms with Crippen LogP contribution in [0, 0.1) is 0 Å². The van der Waals surface area contributed by atoms with E-state index >= 15 is 0 Å². The Morgan fingerprint density at radius 3 is 2.12 bits per heavy atom. The van der Waals surface area contributed by atoms with E-state index in [0.717, 1.165) is 0 Å². The number of nitrogens with zero attached hydrogens (tertiary/aromatic N) is 1. The van der Waals surface area contributed by atoms with Gasteiger partial charge in [-0.3, -0.25) is 0 Å². The monoisotopic (exact) mass is 449 g/mol. The molecule has 0 aliphatic carbocycles. The van der Waals surface area contributed by atoms with Gasteiger partial charge < -0.3 is 0 Å². The van der Waals surface area contributed by atoms with Gasteiger partial charge in [-0.25, -0.2) is 16.8 Å². The molecule has 128 valence electrons. The van der Waals surface area contributed by atoms with Crippen LogP contribution in [0.5, 0.6) is 0 Å². The predicted octanol–water partition coefficient (Wildman–Crippen LogP) is 2.95. The van der Waals surface area contributed by atoms with Gasteiger partial charge in [0, 0.05) is 22.6 Å². The van der Waals surface area contributed by atoms with Crippen LogP contribution in [0.2, 0.25) is 5.02 Å². The van der Waals surface area contributed by atoms with Crippen molar-refractivity contribution < 1.29 is 16.8 Å². The van der Waals surface area contributed by atoms with Crippen molar-refractivity contribution in [2.24, 2.45) is 0 Å². The van der Waals surface area contributed by atoms with Crippen LogP contribution in [-0.2, 0) is 19.9 Å². The summed E-state index contributed by atoms with van der Waals surface area (Å²) in [7, 11) is -7.30. The Balaban J connectivity index is 1.80. The molecule has 0 N–H and O–H groups in total. The van der Waals surface area contributed by atoms with Gasteiger partial charge in [-0.1, -0.05) is 23.7 Å². The minimum Gasteiger partial charge on any atom is -0.223 e. The Hall–Kier alpha value is -0.930. The second-order valence-corrected chi connectivity index (χ2v) is 10.8. The van der Waals surface area contributed by atoms with Crippen LogP contribution in [0.4, 0.5) is 0 Å². The molecule has 1 aliphatic heterocycles. The van der Waals surface area contributed by atoms with Crippen molar-refractivity contribution in [1.29, 1.82) is 0 Å². The van der Waals surface area contributed by atoms with E-state index in [9.17, 15) is 16.8 Å². The van der Waals surface area contributed by atoms with Gasteiger partial charge in [0.2, 0.25) is 10.0 Å². The van der Waals surface area contributed by atoms with E-state index in [4.69, 9.17) is 11.6 Å². The Kier molecular flexibility index (Phi) is 4.78. The van der Waals surface area contributed by atoms with Crippen molar-refractivity contribution in [2.45, 2.75) is 15.0 Å². The zero-order chi connectivity index (χ0) is 17.5. The van der Waals surface area contributed by atoms with Crippen LogP contribution in [0.1, 0.15) is 0 Å². The summed E-state index contributed by atoms with van der Waals surface area (Å²) in [5.41, 5.74) is 0. The van der Waals surface area contributed by atoms with Crippen LogP contribution in [0.25, 0.3) is 0 Å². The van der Waals surface area contributed by atoms with Gasteiger partial charge in [0.15, 0.2) is 9.84 Å². The first-order chi connectivity index (χ1) is 11.2. The summed E-state index contributed by atoms with van der Waals surface area (Å²) < 4.78 is 51.8. The van der Waals surface area contributed by atoms with Gasteiger partial charge >= 0.3 is 0 Å². The fourth-order valence-electron chi connectivity index (χ4n) is 2.40. The highest BCUT2D eigenvalue weighted by atomic mass is 79.9. The number of halogens is 2. The molecule has 2 aromatic rings. The molecule has 9 heteroatoms. The highest BCUT2D eigenvalue weighted by Gasteiger charge is 2.44. The van der Waals surface area contributed by atoms with Crippen molar-refractivity contribution in [3.8, 4) is 0 Å². The topological polar surface area (TPSA) is 71.5 Å². The summed E-state index contributed by atoms with van der Waals surface area (Å²) in [5, 5.41) is -0.309. The van der Waals surface area contributed by atoms with Crippen molar-refractivity contribution >= 4 is 47.4 Å². The maximum absolute atomic E-state index is 12.6. The quantitative estimate of drug-likeness (QED) is 0.718. The molecule has 0 saturated carbocycles. The van der Waals surface area contributed by atoms with E-state index < -0.39 is 25.1 Å². The van der Waals surface area contributed by atoms with Crippen molar-refractivity contribution in [1.82, 2.24) is 4.31 Å². The average Bonchev–Trinajstić information content (AvgIpc) is 2.45. The summed E-state index contributed by atoms with van der Waals surface area (Å²) in [6, 6.07) is 12.3. The molecule has 1 aliphatic rings. The van der Waals surface area contributed by atoms with E-state index in [-0.39, 0.29) is 22.9 Å². The second kappa shape index (κ2) is 6.42. The van der Waals surface area contributed by atoms with Crippen molar-refractivity contribution in [2.75, 3.05) is 13.1 Å². The summed E-state index contributed by atoms with van der Waals surface area (Å²) in [4.78, 5) is 0.280. The highest BCUT2D eigenvalue weighted by molar-refractivity contribution is 9.10. The third kappa shape index (κ3) is 3.13. The molecular weight excluding hydrogens is 438 g/mol. The molecule has 0 bridgehead atoms. The molecule has 0 amide bonds. The summed E-state index contributed by atoms with van der Waals surface area (Å²) >= 11 is 8.98. The Morgan fingerprint density at radius 2 is 1.54 bits per heavy atom. The van der Waals surface area contributed by atoms with Crippen molar-refractivity contribution in [3.63, 3.8) is 0 Å². The maximum Gasteiger partial charge on any atom is 0.244 e. The van der Waals surface area contributed by atoms with Crippen LogP contribution in [0.3, 0.4) is 0 Å². The van der Waals surface area contributed by atoms with Crippen LogP contribution >= 0.6 is 27.5 Å². The van der Waals surface area contributed by atoms with Crippen LogP contribution < -0.4 is 0 Å². The first-order valence-electron chi connectivity index (χ1n) is 6.97. The third-order valence-corrected chi connectivity index (χ3v) is 9.05. The Labute approximate surface area is 154 Å². The number of rotatable bonds is 4. The number of sulfone groups is 1. The number of hydrogen-bond acceptors (Lipinski definition) is 4. The maximum atomic E-state index is 12.6. The lowest BCUT2D eigenvalue weighted by atomic mass is 10.3. The number of hydrogen-bond donors (Lipinski definition) is 0. The fourth-order valence-corrected chi connectivity index (χ4v) is 6.86. The standard InChI is InChI=1S/C15H13BrClNO4S2/c16-14-3-1-2-4-15(14)24(21,22)18-9-13(10-18)23(19,20)12-7-5-11(17)6-8-12/h1-8,13H,9-10H2. The average molecular weight is 451 g/mol. The highest BCUT2D eigenvalue weighted by Crippen LogP contribution is 2.31. The lowest BCUT2D eigenvalue weighted by Crippen LogP contribution is -2.56. The van der Waals surface area contributed by atoms with E-state index in [1.165, 1.54) is 34.6 Å². The first-order valence-corrected chi connectivity index (χ1v) is 11.1. The van der Waals surface area contributed by atoms with Crippen LogP contribution in [-0.4, -0.2) is 39.5 Å². The minimum atomic E-state index is -3.71. The van der Waals surface area contributed by atoms with Crippen LogP contribution in [0.15, 0.2) is 62.8 Å². The third-order valence-electron chi connectivity index (χ3n) is 3.85. The largest absolute Gasteiger partial charge is 0.244 e. The van der Waals surface area contributed by atoms with Gasteiger partial charge in [-0.05, 0) is 52.3 Å². The zero-order valence-corrected chi connectivity index (χ0v) is 16.2. The minimum absolute atomic E-state index is 0.0609. The Morgan fingerprint density at radius 1 is 0.958 bits per heavy atom. The van der Waals surface area contributed by atoms with E-state index in [1.54, 1.807) is 18.2 Å². The molecule has 0 unspecified atom stereocenters. The number of benzene rings is 2. The molecule has 0 atom stereocenters. The van der Waals surface area contributed by atoms with Crippen molar-refractivity contribution in [3.05, 3.63) is 58.0 Å². The molecule has 5 nitrogen and oxygen atoms in total. The van der Waals surface area contributed by atoms with Gasteiger partial charge in [0.05, 0.1) is 15.0 Å². The molecule has 0 spiro atoms. The molecule has 1 fully saturated rings. The summed E-state index contributed by atoms with van der Waals surface area (Å²) in [6.45, 7) is -0.122. The van der Waals surface area contributed by atoms with E-state index in [1.807, 2.05) is 0 Å². The van der Waals surface area contributed by atoms with Gasteiger partial charge in [-0.15, -0.1) is 0 Å². The predicted molar refractivity (Wildman–Crippen MR) is 95.3 cm³/mol. The fraction of sp³-hybridized carbons (Fsp3) is 0.200. The van der Waals surface area contributed by atoms with Gasteiger partial charge in [0.1, 0.15) is 0 Å². The van der Waals surface area contributed by atoms with Gasteiger partial charge in [-0.2, -0.15) is 4.31 Å². The molecule has 0 aromatic heterocycles. The lowest BCUT2D eigenvalue weighted by molar-refractivity contribution is 0.309. The first kappa shape index (κ1) is 17.9. The molecule has 1 heterocycles. The lowest BCUT2D eigenvalue weighted by Gasteiger charge is -2.37. The molecule has 3 rings (SSSR count). The molecule has 0 radical (unpaired) electrons. The second-order valence-electron chi connectivity index (χ2n) is 5.37. The number of sulfonamides is 1. The zero-order valence-electron chi connectivity index (χ0n) is 12.3.